The maximum atomic E-state index is 12.7. The molecule has 4 aromatic rings. The van der Waals surface area contributed by atoms with Crippen LogP contribution in [-0.2, 0) is 24.4 Å². The number of piperidine rings is 1. The third-order valence-corrected chi connectivity index (χ3v) is 6.81. The number of likely N-dealkylation sites (tertiary alicyclic amines) is 1. The van der Waals surface area contributed by atoms with Crippen LogP contribution in [0.3, 0.4) is 0 Å². The normalized spacial score (nSPS) is 15.0. The Morgan fingerprint density at radius 2 is 1.94 bits per heavy atom. The van der Waals surface area contributed by atoms with Gasteiger partial charge in [0.1, 0.15) is 0 Å². The van der Waals surface area contributed by atoms with E-state index in [9.17, 15) is 4.79 Å². The van der Waals surface area contributed by atoms with Gasteiger partial charge in [-0.2, -0.15) is 4.98 Å². The van der Waals surface area contributed by atoms with Crippen LogP contribution < -0.4 is 5.32 Å². The summed E-state index contributed by atoms with van der Waals surface area (Å²) in [6.07, 6.45) is 7.21. The first-order valence-corrected chi connectivity index (χ1v) is 12.0. The van der Waals surface area contributed by atoms with Gasteiger partial charge in [0.2, 0.25) is 17.6 Å². The summed E-state index contributed by atoms with van der Waals surface area (Å²) in [5.74, 6) is 1.45. The predicted molar refractivity (Wildman–Crippen MR) is 125 cm³/mol. The number of nitrogens with one attached hydrogen (secondary N) is 1. The number of thiophene rings is 1. The zero-order valence-corrected chi connectivity index (χ0v) is 19.1. The second kappa shape index (κ2) is 10.1. The highest BCUT2D eigenvalue weighted by Gasteiger charge is 2.26. The topological polar surface area (TPSA) is 89.1 Å². The van der Waals surface area contributed by atoms with Gasteiger partial charge >= 0.3 is 0 Å². The van der Waals surface area contributed by atoms with E-state index in [2.05, 4.69) is 49.6 Å². The van der Waals surface area contributed by atoms with E-state index in [0.29, 0.717) is 24.8 Å². The lowest BCUT2D eigenvalue weighted by Gasteiger charge is -2.30. The number of hydrogen-bond donors (Lipinski definition) is 1. The zero-order valence-electron chi connectivity index (χ0n) is 18.3. The summed E-state index contributed by atoms with van der Waals surface area (Å²) < 4.78 is 7.44. The van der Waals surface area contributed by atoms with Gasteiger partial charge in [0.15, 0.2) is 0 Å². The number of hydrogen-bond acceptors (Lipinski definition) is 7. The molecule has 0 unspecified atom stereocenters. The monoisotopic (exact) mass is 462 g/mol. The molecule has 0 aliphatic carbocycles. The van der Waals surface area contributed by atoms with Crippen LogP contribution in [0, 0.1) is 5.92 Å². The van der Waals surface area contributed by atoms with Crippen molar-refractivity contribution in [2.75, 3.05) is 13.1 Å². The second-order valence-electron chi connectivity index (χ2n) is 8.31. The van der Waals surface area contributed by atoms with Crippen molar-refractivity contribution in [1.82, 2.24) is 29.9 Å². The van der Waals surface area contributed by atoms with Gasteiger partial charge in [-0.15, -0.1) is 11.3 Å². The standard InChI is InChI=1S/C24H26N6O2S/c31-24(26-14-18-3-5-19(6-4-18)15-30-12-9-25-17-30)20-7-10-29(11-8-20)16-22-27-23(28-32-22)21-2-1-13-33-21/h1-6,9,12-13,17,20H,7-8,10-11,14-16H2,(H,26,31). The number of aromatic nitrogens is 4. The SMILES string of the molecule is O=C(NCc1ccc(Cn2ccnc2)cc1)C1CCN(Cc2nc(-c3cccs3)no2)CC1. The van der Waals surface area contributed by atoms with E-state index in [4.69, 9.17) is 4.52 Å². The Hall–Kier alpha value is -3.30. The maximum Gasteiger partial charge on any atom is 0.241 e. The first-order valence-electron chi connectivity index (χ1n) is 11.1. The van der Waals surface area contributed by atoms with Crippen LogP contribution in [-0.4, -0.2) is 43.6 Å². The first-order chi connectivity index (χ1) is 16.2. The van der Waals surface area contributed by atoms with E-state index < -0.39 is 0 Å². The van der Waals surface area contributed by atoms with E-state index in [1.54, 1.807) is 17.5 Å². The minimum Gasteiger partial charge on any atom is -0.352 e. The molecule has 1 N–H and O–H groups in total. The summed E-state index contributed by atoms with van der Waals surface area (Å²) in [5, 5.41) is 9.18. The Balaban J connectivity index is 1.05. The van der Waals surface area contributed by atoms with Crippen molar-refractivity contribution in [1.29, 1.82) is 0 Å². The molecule has 1 aliphatic heterocycles. The number of nitrogens with zero attached hydrogens (tertiary/aromatic N) is 5. The minimum absolute atomic E-state index is 0.0473. The molecule has 5 rings (SSSR count). The van der Waals surface area contributed by atoms with Gasteiger partial charge in [0.25, 0.3) is 0 Å². The third kappa shape index (κ3) is 5.55. The molecule has 0 radical (unpaired) electrons. The molecule has 0 atom stereocenters. The molecule has 1 saturated heterocycles. The average Bonchev–Trinajstić information content (AvgIpc) is 3.62. The number of carbonyl (C=O) groups excluding carboxylic acids is 1. The van der Waals surface area contributed by atoms with Crippen molar-refractivity contribution in [2.45, 2.75) is 32.5 Å². The van der Waals surface area contributed by atoms with E-state index in [1.807, 2.05) is 34.6 Å². The summed E-state index contributed by atoms with van der Waals surface area (Å²) in [7, 11) is 0. The smallest absolute Gasteiger partial charge is 0.241 e. The fourth-order valence-electron chi connectivity index (χ4n) is 4.06. The highest BCUT2D eigenvalue weighted by molar-refractivity contribution is 7.13. The molecule has 0 spiro atoms. The number of carbonyl (C=O) groups is 1. The number of rotatable bonds is 8. The quantitative estimate of drug-likeness (QED) is 0.431. The molecule has 8 nitrogen and oxygen atoms in total. The van der Waals surface area contributed by atoms with Crippen LogP contribution >= 0.6 is 11.3 Å². The summed E-state index contributed by atoms with van der Waals surface area (Å²) in [4.78, 5) is 24.5. The molecule has 1 aromatic carbocycles. The zero-order chi connectivity index (χ0) is 22.5. The van der Waals surface area contributed by atoms with Crippen molar-refractivity contribution in [2.24, 2.45) is 5.92 Å². The fourth-order valence-corrected chi connectivity index (χ4v) is 4.71. The average molecular weight is 463 g/mol. The largest absolute Gasteiger partial charge is 0.352 e. The molecule has 33 heavy (non-hydrogen) atoms. The lowest BCUT2D eigenvalue weighted by atomic mass is 9.96. The molecule has 4 heterocycles. The molecule has 9 heteroatoms. The number of amides is 1. The van der Waals surface area contributed by atoms with E-state index in [1.165, 1.54) is 5.56 Å². The van der Waals surface area contributed by atoms with Gasteiger partial charge in [0.05, 0.1) is 17.7 Å². The molecule has 1 fully saturated rings. The summed E-state index contributed by atoms with van der Waals surface area (Å²) >= 11 is 1.60. The van der Waals surface area contributed by atoms with Gasteiger partial charge in [-0.1, -0.05) is 35.5 Å². The summed E-state index contributed by atoms with van der Waals surface area (Å²) in [6, 6.07) is 12.3. The highest BCUT2D eigenvalue weighted by atomic mass is 32.1. The Kier molecular flexibility index (Phi) is 6.59. The molecular weight excluding hydrogens is 436 g/mol. The fraction of sp³-hybridized carbons (Fsp3) is 0.333. The van der Waals surface area contributed by atoms with E-state index >= 15 is 0 Å². The molecule has 0 saturated carbocycles. The second-order valence-corrected chi connectivity index (χ2v) is 9.26. The Labute approximate surface area is 196 Å². The van der Waals surface area contributed by atoms with Crippen molar-refractivity contribution in [3.8, 4) is 10.7 Å². The highest BCUT2D eigenvalue weighted by Crippen LogP contribution is 2.23. The maximum absolute atomic E-state index is 12.7. The number of benzene rings is 1. The van der Waals surface area contributed by atoms with Crippen LogP contribution in [0.5, 0.6) is 0 Å². The Morgan fingerprint density at radius 1 is 1.12 bits per heavy atom. The lowest BCUT2D eigenvalue weighted by molar-refractivity contribution is -0.126. The van der Waals surface area contributed by atoms with Crippen LogP contribution in [0.15, 0.2) is 65.0 Å². The predicted octanol–water partition coefficient (Wildman–Crippen LogP) is 3.57. The molecule has 1 amide bonds. The Bertz CT molecular complexity index is 1150. The number of imidazole rings is 1. The molecule has 1 aliphatic rings. The van der Waals surface area contributed by atoms with Crippen LogP contribution in [0.25, 0.3) is 10.7 Å². The van der Waals surface area contributed by atoms with Crippen molar-refractivity contribution >= 4 is 17.2 Å². The van der Waals surface area contributed by atoms with Crippen LogP contribution in [0.1, 0.15) is 29.9 Å². The van der Waals surface area contributed by atoms with Crippen molar-refractivity contribution < 1.29 is 9.32 Å². The first kappa shape index (κ1) is 21.5. The third-order valence-electron chi connectivity index (χ3n) is 5.94. The molecule has 0 bridgehead atoms. The van der Waals surface area contributed by atoms with Gasteiger partial charge in [-0.3, -0.25) is 9.69 Å². The van der Waals surface area contributed by atoms with Crippen LogP contribution in [0.4, 0.5) is 0 Å². The molecular formula is C24H26N6O2S. The summed E-state index contributed by atoms with van der Waals surface area (Å²) in [6.45, 7) is 3.66. The summed E-state index contributed by atoms with van der Waals surface area (Å²) in [5.41, 5.74) is 2.31. The van der Waals surface area contributed by atoms with Crippen molar-refractivity contribution in [3.63, 3.8) is 0 Å². The van der Waals surface area contributed by atoms with E-state index in [-0.39, 0.29) is 11.8 Å². The van der Waals surface area contributed by atoms with Gasteiger partial charge in [-0.25, -0.2) is 4.98 Å². The molecule has 170 valence electrons. The lowest BCUT2D eigenvalue weighted by Crippen LogP contribution is -2.40. The van der Waals surface area contributed by atoms with Gasteiger partial charge < -0.3 is 14.4 Å². The van der Waals surface area contributed by atoms with Crippen LogP contribution in [0.2, 0.25) is 0 Å². The molecule has 3 aromatic heterocycles. The van der Waals surface area contributed by atoms with Crippen molar-refractivity contribution in [3.05, 3.63) is 77.5 Å². The van der Waals surface area contributed by atoms with Gasteiger partial charge in [-0.05, 0) is 48.5 Å². The van der Waals surface area contributed by atoms with E-state index in [0.717, 1.165) is 42.9 Å². The Morgan fingerprint density at radius 3 is 2.67 bits per heavy atom. The minimum atomic E-state index is 0.0473. The van der Waals surface area contributed by atoms with Gasteiger partial charge in [0, 0.05) is 31.4 Å².